The molecule has 0 atom stereocenters. The van der Waals surface area contributed by atoms with Crippen LogP contribution in [-0.2, 0) is 16.6 Å². The van der Waals surface area contributed by atoms with Crippen molar-refractivity contribution in [3.05, 3.63) is 63.7 Å². The van der Waals surface area contributed by atoms with E-state index in [1.807, 2.05) is 33.8 Å². The molecule has 140 valence electrons. The van der Waals surface area contributed by atoms with E-state index in [-0.39, 0.29) is 12.5 Å². The second-order valence-corrected chi connectivity index (χ2v) is 8.61. The van der Waals surface area contributed by atoms with Crippen molar-refractivity contribution in [2.75, 3.05) is 14.1 Å². The number of carbonyl (C=O) groups excluding carboxylic acids is 1. The molecular formula is C20H26N2O3S. The summed E-state index contributed by atoms with van der Waals surface area (Å²) in [5.41, 5.74) is 4.88. The van der Waals surface area contributed by atoms with Gasteiger partial charge in [0, 0.05) is 26.2 Å². The molecule has 0 aliphatic carbocycles. The topological polar surface area (TPSA) is 66.5 Å². The minimum atomic E-state index is -3.62. The molecule has 0 saturated carbocycles. The predicted molar refractivity (Wildman–Crippen MR) is 104 cm³/mol. The zero-order valence-corrected chi connectivity index (χ0v) is 17.0. The van der Waals surface area contributed by atoms with Crippen molar-refractivity contribution in [3.8, 4) is 0 Å². The largest absolute Gasteiger partial charge is 0.355 e. The third-order valence-electron chi connectivity index (χ3n) is 4.81. The van der Waals surface area contributed by atoms with Gasteiger partial charge in [-0.3, -0.25) is 4.79 Å². The number of carbonyl (C=O) groups is 1. The van der Waals surface area contributed by atoms with Crippen LogP contribution in [-0.4, -0.2) is 32.7 Å². The summed E-state index contributed by atoms with van der Waals surface area (Å²) in [6.07, 6.45) is 0. The van der Waals surface area contributed by atoms with Crippen LogP contribution in [0.1, 0.15) is 38.2 Å². The molecule has 0 fully saturated rings. The average Bonchev–Trinajstić information content (AvgIpc) is 2.60. The molecule has 0 spiro atoms. The van der Waals surface area contributed by atoms with E-state index in [1.54, 1.807) is 38.4 Å². The van der Waals surface area contributed by atoms with Gasteiger partial charge >= 0.3 is 0 Å². The minimum Gasteiger partial charge on any atom is -0.355 e. The maximum absolute atomic E-state index is 13.2. The quantitative estimate of drug-likeness (QED) is 0.874. The van der Waals surface area contributed by atoms with E-state index in [0.29, 0.717) is 10.5 Å². The summed E-state index contributed by atoms with van der Waals surface area (Å²) in [6, 6.07) is 8.96. The van der Waals surface area contributed by atoms with Crippen molar-refractivity contribution < 1.29 is 13.2 Å². The lowest BCUT2D eigenvalue weighted by molar-refractivity contribution is 0.0963. The Bertz CT molecular complexity index is 906. The Kier molecular flexibility index (Phi) is 5.88. The minimum absolute atomic E-state index is 0.168. The van der Waals surface area contributed by atoms with Crippen molar-refractivity contribution in [3.63, 3.8) is 0 Å². The predicted octanol–water partition coefficient (Wildman–Crippen LogP) is 3.10. The molecule has 0 bridgehead atoms. The van der Waals surface area contributed by atoms with E-state index in [9.17, 15) is 13.2 Å². The highest BCUT2D eigenvalue weighted by Crippen LogP contribution is 2.28. The van der Waals surface area contributed by atoms with Gasteiger partial charge in [-0.2, -0.15) is 4.31 Å². The molecule has 0 saturated heterocycles. The highest BCUT2D eigenvalue weighted by molar-refractivity contribution is 7.89. The van der Waals surface area contributed by atoms with Crippen molar-refractivity contribution in [1.29, 1.82) is 0 Å². The second kappa shape index (κ2) is 7.60. The van der Waals surface area contributed by atoms with Crippen LogP contribution >= 0.6 is 0 Å². The van der Waals surface area contributed by atoms with E-state index >= 15 is 0 Å². The lowest BCUT2D eigenvalue weighted by atomic mass is 10.0. The summed E-state index contributed by atoms with van der Waals surface area (Å²) < 4.78 is 27.7. The van der Waals surface area contributed by atoms with Crippen molar-refractivity contribution >= 4 is 15.9 Å². The molecule has 0 aromatic heterocycles. The van der Waals surface area contributed by atoms with Gasteiger partial charge in [0.2, 0.25) is 10.0 Å². The molecule has 2 aromatic rings. The molecule has 0 unspecified atom stereocenters. The Morgan fingerprint density at radius 2 is 1.50 bits per heavy atom. The molecule has 26 heavy (non-hydrogen) atoms. The summed E-state index contributed by atoms with van der Waals surface area (Å²) in [5.74, 6) is -0.168. The van der Waals surface area contributed by atoms with Crippen LogP contribution in [0.5, 0.6) is 0 Å². The normalized spacial score (nSPS) is 11.7. The summed E-state index contributed by atoms with van der Waals surface area (Å²) in [7, 11) is -0.464. The first-order chi connectivity index (χ1) is 12.1. The van der Waals surface area contributed by atoms with Crippen molar-refractivity contribution in [2.24, 2.45) is 0 Å². The van der Waals surface area contributed by atoms with Crippen LogP contribution in [0.3, 0.4) is 0 Å². The van der Waals surface area contributed by atoms with E-state index in [4.69, 9.17) is 0 Å². The first-order valence-electron chi connectivity index (χ1n) is 8.44. The summed E-state index contributed by atoms with van der Waals surface area (Å²) in [6.45, 7) is 7.79. The third kappa shape index (κ3) is 3.81. The Morgan fingerprint density at radius 1 is 1.00 bits per heavy atom. The smallest absolute Gasteiger partial charge is 0.251 e. The molecule has 0 aliphatic rings. The fourth-order valence-electron chi connectivity index (χ4n) is 2.97. The summed E-state index contributed by atoms with van der Waals surface area (Å²) in [5, 5.41) is 2.57. The number of aryl methyl sites for hydroxylation is 2. The Morgan fingerprint density at radius 3 is 1.96 bits per heavy atom. The summed E-state index contributed by atoms with van der Waals surface area (Å²) in [4.78, 5) is 12.0. The standard InChI is InChI=1S/C20H26N2O3S/c1-13-11-14(2)16(4)19(15(13)3)26(24,25)22(6)12-17-7-9-18(10-8-17)20(23)21-5/h7-11H,12H2,1-6H3,(H,21,23). The summed E-state index contributed by atoms with van der Waals surface area (Å²) >= 11 is 0. The molecular weight excluding hydrogens is 348 g/mol. The first-order valence-corrected chi connectivity index (χ1v) is 9.88. The van der Waals surface area contributed by atoms with Crippen LogP contribution in [0.25, 0.3) is 0 Å². The van der Waals surface area contributed by atoms with Gasteiger partial charge in [0.05, 0.1) is 4.90 Å². The van der Waals surface area contributed by atoms with E-state index in [0.717, 1.165) is 27.8 Å². The third-order valence-corrected chi connectivity index (χ3v) is 6.89. The highest BCUT2D eigenvalue weighted by Gasteiger charge is 2.26. The maximum Gasteiger partial charge on any atom is 0.251 e. The first kappa shape index (κ1) is 20.1. The number of nitrogens with one attached hydrogen (secondary N) is 1. The van der Waals surface area contributed by atoms with Crippen molar-refractivity contribution in [2.45, 2.75) is 39.1 Å². The Hall–Kier alpha value is -2.18. The van der Waals surface area contributed by atoms with Crippen LogP contribution in [0, 0.1) is 27.7 Å². The molecule has 0 heterocycles. The van der Waals surface area contributed by atoms with Gasteiger partial charge < -0.3 is 5.32 Å². The molecule has 6 heteroatoms. The zero-order valence-electron chi connectivity index (χ0n) is 16.2. The second-order valence-electron chi connectivity index (χ2n) is 6.63. The number of rotatable bonds is 5. The van der Waals surface area contributed by atoms with E-state index in [1.165, 1.54) is 4.31 Å². The van der Waals surface area contributed by atoms with Gasteiger partial charge in [0.1, 0.15) is 0 Å². The molecule has 0 radical (unpaired) electrons. The van der Waals surface area contributed by atoms with Crippen LogP contribution in [0.15, 0.2) is 35.2 Å². The Labute approximate surface area is 156 Å². The molecule has 2 aromatic carbocycles. The number of nitrogens with zero attached hydrogens (tertiary/aromatic N) is 1. The number of sulfonamides is 1. The number of hydrogen-bond acceptors (Lipinski definition) is 3. The molecule has 5 nitrogen and oxygen atoms in total. The van der Waals surface area contributed by atoms with E-state index in [2.05, 4.69) is 5.32 Å². The van der Waals surface area contributed by atoms with E-state index < -0.39 is 10.0 Å². The van der Waals surface area contributed by atoms with Crippen molar-refractivity contribution in [1.82, 2.24) is 9.62 Å². The van der Waals surface area contributed by atoms with Gasteiger partial charge in [0.15, 0.2) is 0 Å². The fourth-order valence-corrected chi connectivity index (χ4v) is 4.70. The number of benzene rings is 2. The van der Waals surface area contributed by atoms with Crippen LogP contribution in [0.4, 0.5) is 0 Å². The van der Waals surface area contributed by atoms with Gasteiger partial charge in [-0.25, -0.2) is 8.42 Å². The van der Waals surface area contributed by atoms with Gasteiger partial charge in [-0.15, -0.1) is 0 Å². The molecule has 1 amide bonds. The lowest BCUT2D eigenvalue weighted by Gasteiger charge is -2.22. The molecule has 0 aliphatic heterocycles. The van der Waals surface area contributed by atoms with Gasteiger partial charge in [0.25, 0.3) is 5.91 Å². The average molecular weight is 375 g/mol. The van der Waals surface area contributed by atoms with Crippen LogP contribution < -0.4 is 5.32 Å². The maximum atomic E-state index is 13.2. The monoisotopic (exact) mass is 374 g/mol. The fraction of sp³-hybridized carbons (Fsp3) is 0.350. The van der Waals surface area contributed by atoms with Gasteiger partial charge in [-0.05, 0) is 67.6 Å². The highest BCUT2D eigenvalue weighted by atomic mass is 32.2. The molecule has 1 N–H and O–H groups in total. The SMILES string of the molecule is CNC(=O)c1ccc(CN(C)S(=O)(=O)c2c(C)c(C)cc(C)c2C)cc1. The number of amides is 1. The Balaban J connectivity index is 2.35. The van der Waals surface area contributed by atoms with Gasteiger partial charge in [-0.1, -0.05) is 18.2 Å². The zero-order chi connectivity index (χ0) is 19.6. The molecule has 2 rings (SSSR count). The lowest BCUT2D eigenvalue weighted by Crippen LogP contribution is -2.28. The van der Waals surface area contributed by atoms with Crippen LogP contribution in [0.2, 0.25) is 0 Å². The number of hydrogen-bond donors (Lipinski definition) is 1.